The van der Waals surface area contributed by atoms with Crippen molar-refractivity contribution >= 4 is 23.2 Å². The SMILES string of the molecule is C/C(=N/NC(=O)c1cc(O)c(O)c(O)c1)c1cccc(NC(=O)C2CC2)c1. The summed E-state index contributed by atoms with van der Waals surface area (Å²) in [6.45, 7) is 1.69. The van der Waals surface area contributed by atoms with Gasteiger partial charge in [0.05, 0.1) is 5.71 Å². The molecule has 8 heteroatoms. The van der Waals surface area contributed by atoms with Gasteiger partial charge >= 0.3 is 0 Å². The van der Waals surface area contributed by atoms with Crippen LogP contribution in [0.2, 0.25) is 0 Å². The normalized spacial score (nSPS) is 13.9. The molecule has 5 N–H and O–H groups in total. The first-order chi connectivity index (χ1) is 12.8. The van der Waals surface area contributed by atoms with Crippen LogP contribution in [-0.2, 0) is 4.79 Å². The van der Waals surface area contributed by atoms with Crippen molar-refractivity contribution in [3.05, 3.63) is 47.5 Å². The van der Waals surface area contributed by atoms with E-state index in [1.807, 2.05) is 0 Å². The molecule has 1 fully saturated rings. The molecule has 1 aliphatic carbocycles. The fraction of sp³-hybridized carbons (Fsp3) is 0.211. The summed E-state index contributed by atoms with van der Waals surface area (Å²) in [6, 6.07) is 9.12. The van der Waals surface area contributed by atoms with Gasteiger partial charge in [0.15, 0.2) is 17.2 Å². The topological polar surface area (TPSA) is 131 Å². The Morgan fingerprint density at radius 3 is 2.33 bits per heavy atom. The zero-order chi connectivity index (χ0) is 19.6. The highest BCUT2D eigenvalue weighted by Crippen LogP contribution is 2.35. The lowest BCUT2D eigenvalue weighted by molar-refractivity contribution is -0.117. The van der Waals surface area contributed by atoms with Crippen LogP contribution in [0.25, 0.3) is 0 Å². The minimum atomic E-state index is -0.698. The van der Waals surface area contributed by atoms with E-state index in [4.69, 9.17) is 0 Å². The number of nitrogens with one attached hydrogen (secondary N) is 2. The van der Waals surface area contributed by atoms with E-state index < -0.39 is 23.2 Å². The molecule has 27 heavy (non-hydrogen) atoms. The number of phenolic OH excluding ortho intramolecular Hbond substituents is 3. The van der Waals surface area contributed by atoms with Gasteiger partial charge in [-0.3, -0.25) is 9.59 Å². The summed E-state index contributed by atoms with van der Waals surface area (Å²) >= 11 is 0. The number of anilines is 1. The summed E-state index contributed by atoms with van der Waals surface area (Å²) in [4.78, 5) is 24.0. The molecule has 0 atom stereocenters. The number of aromatic hydroxyl groups is 3. The monoisotopic (exact) mass is 369 g/mol. The first kappa shape index (κ1) is 18.2. The molecule has 1 saturated carbocycles. The zero-order valence-corrected chi connectivity index (χ0v) is 14.6. The lowest BCUT2D eigenvalue weighted by Gasteiger charge is -2.08. The number of phenols is 3. The summed E-state index contributed by atoms with van der Waals surface area (Å²) in [5, 5.41) is 35.1. The third-order valence-corrected chi connectivity index (χ3v) is 4.15. The first-order valence-corrected chi connectivity index (χ1v) is 8.36. The molecule has 8 nitrogen and oxygen atoms in total. The van der Waals surface area contributed by atoms with Crippen LogP contribution in [-0.4, -0.2) is 32.8 Å². The quantitative estimate of drug-likeness (QED) is 0.313. The van der Waals surface area contributed by atoms with Gasteiger partial charge in [-0.2, -0.15) is 5.10 Å². The Balaban J connectivity index is 1.70. The Hall–Kier alpha value is -3.55. The molecule has 0 radical (unpaired) electrons. The molecule has 0 aliphatic heterocycles. The number of hydrogen-bond donors (Lipinski definition) is 5. The van der Waals surface area contributed by atoms with Crippen LogP contribution >= 0.6 is 0 Å². The third kappa shape index (κ3) is 4.35. The summed E-state index contributed by atoms with van der Waals surface area (Å²) < 4.78 is 0. The lowest BCUT2D eigenvalue weighted by Crippen LogP contribution is -2.19. The number of amides is 2. The highest BCUT2D eigenvalue weighted by atomic mass is 16.3. The molecule has 0 saturated heterocycles. The second-order valence-electron chi connectivity index (χ2n) is 6.35. The second-order valence-corrected chi connectivity index (χ2v) is 6.35. The van der Waals surface area contributed by atoms with Crippen LogP contribution in [0.15, 0.2) is 41.5 Å². The number of carbonyl (C=O) groups excluding carboxylic acids is 2. The van der Waals surface area contributed by atoms with Crippen molar-refractivity contribution in [2.75, 3.05) is 5.32 Å². The van der Waals surface area contributed by atoms with E-state index in [2.05, 4.69) is 15.8 Å². The average molecular weight is 369 g/mol. The van der Waals surface area contributed by atoms with E-state index in [1.54, 1.807) is 31.2 Å². The first-order valence-electron chi connectivity index (χ1n) is 8.36. The van der Waals surface area contributed by atoms with Crippen molar-refractivity contribution in [1.82, 2.24) is 5.43 Å². The van der Waals surface area contributed by atoms with Crippen LogP contribution in [0.4, 0.5) is 5.69 Å². The van der Waals surface area contributed by atoms with Gasteiger partial charge in [0.1, 0.15) is 0 Å². The van der Waals surface area contributed by atoms with Crippen molar-refractivity contribution in [2.24, 2.45) is 11.0 Å². The molecule has 2 aromatic rings. The van der Waals surface area contributed by atoms with Crippen molar-refractivity contribution in [3.8, 4) is 17.2 Å². The molecule has 3 rings (SSSR count). The molecule has 0 bridgehead atoms. The van der Waals surface area contributed by atoms with Crippen molar-refractivity contribution in [1.29, 1.82) is 0 Å². The Bertz CT molecular complexity index is 912. The van der Waals surface area contributed by atoms with E-state index >= 15 is 0 Å². The molecule has 1 aliphatic rings. The largest absolute Gasteiger partial charge is 0.504 e. The fourth-order valence-electron chi connectivity index (χ4n) is 2.41. The highest BCUT2D eigenvalue weighted by molar-refractivity contribution is 6.02. The van der Waals surface area contributed by atoms with Gasteiger partial charge in [0, 0.05) is 17.2 Å². The van der Waals surface area contributed by atoms with Crippen LogP contribution < -0.4 is 10.7 Å². The Morgan fingerprint density at radius 2 is 1.70 bits per heavy atom. The van der Waals surface area contributed by atoms with Crippen molar-refractivity contribution in [2.45, 2.75) is 19.8 Å². The molecule has 0 spiro atoms. The van der Waals surface area contributed by atoms with E-state index in [1.165, 1.54) is 0 Å². The lowest BCUT2D eigenvalue weighted by atomic mass is 10.1. The molecule has 0 heterocycles. The molecule has 2 aromatic carbocycles. The maximum absolute atomic E-state index is 12.1. The van der Waals surface area contributed by atoms with Gasteiger partial charge in [-0.1, -0.05) is 12.1 Å². The van der Waals surface area contributed by atoms with Crippen LogP contribution in [0, 0.1) is 5.92 Å². The van der Waals surface area contributed by atoms with E-state index in [0.717, 1.165) is 25.0 Å². The van der Waals surface area contributed by atoms with Crippen LogP contribution in [0.3, 0.4) is 0 Å². The van der Waals surface area contributed by atoms with Crippen molar-refractivity contribution in [3.63, 3.8) is 0 Å². The van der Waals surface area contributed by atoms with Gasteiger partial charge < -0.3 is 20.6 Å². The number of benzene rings is 2. The predicted molar refractivity (Wildman–Crippen MR) is 98.9 cm³/mol. The standard InChI is InChI=1S/C19H19N3O5/c1-10(12-3-2-4-14(7-12)20-18(26)11-5-6-11)21-22-19(27)13-8-15(23)17(25)16(24)9-13/h2-4,7-9,11,23-25H,5-6H2,1H3,(H,20,26)(H,22,27)/b21-10-. The van der Waals surface area contributed by atoms with Crippen LogP contribution in [0.5, 0.6) is 17.2 Å². The number of rotatable bonds is 5. The summed E-state index contributed by atoms with van der Waals surface area (Å²) in [6.07, 6.45) is 1.83. The van der Waals surface area contributed by atoms with Gasteiger partial charge in [-0.15, -0.1) is 0 Å². The van der Waals surface area contributed by atoms with E-state index in [0.29, 0.717) is 17.0 Å². The Labute approximate surface area is 155 Å². The maximum Gasteiger partial charge on any atom is 0.271 e. The summed E-state index contributed by atoms with van der Waals surface area (Å²) in [7, 11) is 0. The summed E-state index contributed by atoms with van der Waals surface area (Å²) in [5.41, 5.74) is 4.11. The maximum atomic E-state index is 12.1. The van der Waals surface area contributed by atoms with Gasteiger partial charge in [-0.05, 0) is 49.6 Å². The van der Waals surface area contributed by atoms with E-state index in [-0.39, 0.29) is 17.4 Å². The highest BCUT2D eigenvalue weighted by Gasteiger charge is 2.29. The number of hydrogen-bond acceptors (Lipinski definition) is 6. The molecular formula is C19H19N3O5. The van der Waals surface area contributed by atoms with Gasteiger partial charge in [0.2, 0.25) is 5.91 Å². The number of carbonyl (C=O) groups is 2. The molecule has 0 unspecified atom stereocenters. The van der Waals surface area contributed by atoms with Gasteiger partial charge in [-0.25, -0.2) is 5.43 Å². The third-order valence-electron chi connectivity index (χ3n) is 4.15. The number of hydrazone groups is 1. The Morgan fingerprint density at radius 1 is 1.04 bits per heavy atom. The molecule has 0 aromatic heterocycles. The predicted octanol–water partition coefficient (Wildman–Crippen LogP) is 2.31. The van der Waals surface area contributed by atoms with Gasteiger partial charge in [0.25, 0.3) is 5.91 Å². The second kappa shape index (κ2) is 7.36. The average Bonchev–Trinajstić information content (AvgIpc) is 3.49. The zero-order valence-electron chi connectivity index (χ0n) is 14.6. The van der Waals surface area contributed by atoms with Crippen LogP contribution in [0.1, 0.15) is 35.7 Å². The Kier molecular flexibility index (Phi) is 4.98. The summed E-state index contributed by atoms with van der Waals surface area (Å²) in [5.74, 6) is -2.49. The smallest absolute Gasteiger partial charge is 0.271 e. The molecule has 2 amide bonds. The fourth-order valence-corrected chi connectivity index (χ4v) is 2.41. The minimum absolute atomic E-state index is 0.00184. The molecule has 140 valence electrons. The minimum Gasteiger partial charge on any atom is -0.504 e. The van der Waals surface area contributed by atoms with E-state index in [9.17, 15) is 24.9 Å². The molecular weight excluding hydrogens is 350 g/mol. The number of nitrogens with zero attached hydrogens (tertiary/aromatic N) is 1. The van der Waals surface area contributed by atoms with Crippen molar-refractivity contribution < 1.29 is 24.9 Å².